The van der Waals surface area contributed by atoms with Crippen molar-refractivity contribution in [1.29, 1.82) is 0 Å². The monoisotopic (exact) mass is 413 g/mol. The van der Waals surface area contributed by atoms with Gasteiger partial charge in [-0.25, -0.2) is 0 Å². The largest absolute Gasteiger partial charge is 0.416 e. The van der Waals surface area contributed by atoms with E-state index in [1.807, 2.05) is 54.6 Å². The first-order chi connectivity index (χ1) is 15.0. The summed E-state index contributed by atoms with van der Waals surface area (Å²) in [7, 11) is 0. The second kappa shape index (κ2) is 7.55. The molecular weight excluding hydrogens is 395 g/mol. The molecule has 1 heterocycles. The number of rotatable bonds is 2. The zero-order valence-electron chi connectivity index (χ0n) is 16.5. The number of hydrogen-bond donors (Lipinski definition) is 0. The van der Waals surface area contributed by atoms with Crippen LogP contribution in [0.4, 0.5) is 13.2 Å². The van der Waals surface area contributed by atoms with E-state index in [2.05, 4.69) is 18.2 Å². The molecule has 1 nitrogen and oxygen atoms in total. The van der Waals surface area contributed by atoms with E-state index in [1.165, 1.54) is 12.1 Å². The van der Waals surface area contributed by atoms with Gasteiger partial charge in [-0.15, -0.1) is 0 Å². The molecule has 0 saturated heterocycles. The van der Waals surface area contributed by atoms with Gasteiger partial charge in [-0.1, -0.05) is 84.9 Å². The number of alkyl halides is 3. The average molecular weight is 413 g/mol. The SMILES string of the molecule is FC(F)(F)c1ccc(-c2cccc3c2CN=C(c2ccccc2)c2ccccc2-3)cc1. The lowest BCUT2D eigenvalue weighted by atomic mass is 9.89. The van der Waals surface area contributed by atoms with Crippen LogP contribution in [0.25, 0.3) is 22.3 Å². The van der Waals surface area contributed by atoms with Crippen molar-refractivity contribution in [2.75, 3.05) is 0 Å². The molecule has 0 amide bonds. The third-order valence-corrected chi connectivity index (χ3v) is 5.61. The Balaban J connectivity index is 1.68. The molecule has 0 saturated carbocycles. The van der Waals surface area contributed by atoms with Crippen LogP contribution in [-0.2, 0) is 12.7 Å². The molecule has 5 rings (SSSR count). The Morgan fingerprint density at radius 1 is 0.548 bits per heavy atom. The van der Waals surface area contributed by atoms with Gasteiger partial charge in [0.25, 0.3) is 0 Å². The molecule has 0 fully saturated rings. The van der Waals surface area contributed by atoms with Gasteiger partial charge in [0.15, 0.2) is 0 Å². The summed E-state index contributed by atoms with van der Waals surface area (Å²) in [6, 6.07) is 29.5. The number of halogens is 3. The Bertz CT molecular complexity index is 1270. The quantitative estimate of drug-likeness (QED) is 0.325. The molecule has 152 valence electrons. The summed E-state index contributed by atoms with van der Waals surface area (Å²) in [5, 5.41) is 0. The topological polar surface area (TPSA) is 12.4 Å². The van der Waals surface area contributed by atoms with Crippen molar-refractivity contribution in [1.82, 2.24) is 0 Å². The highest BCUT2D eigenvalue weighted by Gasteiger charge is 2.30. The Morgan fingerprint density at radius 3 is 1.87 bits per heavy atom. The summed E-state index contributed by atoms with van der Waals surface area (Å²) < 4.78 is 39.0. The second-order valence-corrected chi connectivity index (χ2v) is 7.48. The lowest BCUT2D eigenvalue weighted by molar-refractivity contribution is -0.137. The Hall–Kier alpha value is -3.66. The number of benzene rings is 4. The third-order valence-electron chi connectivity index (χ3n) is 5.61. The molecule has 0 spiro atoms. The summed E-state index contributed by atoms with van der Waals surface area (Å²) in [5.74, 6) is 0. The minimum atomic E-state index is -4.35. The van der Waals surface area contributed by atoms with Crippen molar-refractivity contribution in [3.8, 4) is 22.3 Å². The van der Waals surface area contributed by atoms with Crippen LogP contribution < -0.4 is 0 Å². The van der Waals surface area contributed by atoms with Gasteiger partial charge in [0.1, 0.15) is 0 Å². The van der Waals surface area contributed by atoms with Crippen LogP contribution in [-0.4, -0.2) is 5.71 Å². The average Bonchev–Trinajstić information content (AvgIpc) is 2.96. The summed E-state index contributed by atoms with van der Waals surface area (Å²) >= 11 is 0. The lowest BCUT2D eigenvalue weighted by Crippen LogP contribution is -2.04. The molecule has 0 unspecified atom stereocenters. The summed E-state index contributed by atoms with van der Waals surface area (Å²) in [6.07, 6.45) is -4.35. The molecule has 0 bridgehead atoms. The molecule has 1 aliphatic heterocycles. The molecule has 31 heavy (non-hydrogen) atoms. The molecule has 0 radical (unpaired) electrons. The fourth-order valence-corrected chi connectivity index (χ4v) is 4.13. The standard InChI is InChI=1S/C27H18F3N/c28-27(29,30)20-15-13-18(14-16-20)21-11-6-12-23-22-9-4-5-10-24(22)26(31-17-25(21)23)19-7-2-1-3-8-19/h1-16H,17H2. The van der Waals surface area contributed by atoms with E-state index in [1.54, 1.807) is 0 Å². The highest BCUT2D eigenvalue weighted by molar-refractivity contribution is 6.17. The van der Waals surface area contributed by atoms with Crippen LogP contribution in [0.3, 0.4) is 0 Å². The summed E-state index contributed by atoms with van der Waals surface area (Å²) in [6.45, 7) is 0.450. The van der Waals surface area contributed by atoms with E-state index >= 15 is 0 Å². The fourth-order valence-electron chi connectivity index (χ4n) is 4.13. The number of hydrogen-bond acceptors (Lipinski definition) is 1. The predicted octanol–water partition coefficient (Wildman–Crippen LogP) is 7.39. The normalized spacial score (nSPS) is 13.1. The second-order valence-electron chi connectivity index (χ2n) is 7.48. The molecule has 0 atom stereocenters. The minimum absolute atomic E-state index is 0.450. The summed E-state index contributed by atoms with van der Waals surface area (Å²) in [5.41, 5.74) is 7.17. The lowest BCUT2D eigenvalue weighted by Gasteiger charge is -2.15. The Kier molecular flexibility index (Phi) is 4.70. The van der Waals surface area contributed by atoms with Gasteiger partial charge in [-0.2, -0.15) is 13.2 Å². The van der Waals surface area contributed by atoms with Crippen molar-refractivity contribution in [3.05, 3.63) is 119 Å². The molecular formula is C27H18F3N. The van der Waals surface area contributed by atoms with Crippen LogP contribution in [0.1, 0.15) is 22.3 Å². The van der Waals surface area contributed by atoms with Crippen LogP contribution >= 0.6 is 0 Å². The zero-order chi connectivity index (χ0) is 21.4. The van der Waals surface area contributed by atoms with Crippen molar-refractivity contribution in [2.24, 2.45) is 4.99 Å². The van der Waals surface area contributed by atoms with Crippen molar-refractivity contribution in [2.45, 2.75) is 12.7 Å². The van der Waals surface area contributed by atoms with Gasteiger partial charge in [-0.05, 0) is 39.9 Å². The molecule has 4 aromatic carbocycles. The highest BCUT2D eigenvalue weighted by Crippen LogP contribution is 2.38. The van der Waals surface area contributed by atoms with E-state index in [4.69, 9.17) is 4.99 Å². The van der Waals surface area contributed by atoms with Crippen LogP contribution in [0.15, 0.2) is 102 Å². The van der Waals surface area contributed by atoms with Gasteiger partial charge < -0.3 is 0 Å². The Labute approximate surface area is 178 Å². The maximum absolute atomic E-state index is 13.0. The van der Waals surface area contributed by atoms with Gasteiger partial charge in [0.2, 0.25) is 0 Å². The van der Waals surface area contributed by atoms with Crippen molar-refractivity contribution >= 4 is 5.71 Å². The summed E-state index contributed by atoms with van der Waals surface area (Å²) in [4.78, 5) is 4.96. The van der Waals surface area contributed by atoms with Gasteiger partial charge in [0, 0.05) is 11.1 Å². The van der Waals surface area contributed by atoms with Crippen molar-refractivity contribution < 1.29 is 13.2 Å². The highest BCUT2D eigenvalue weighted by atomic mass is 19.4. The number of nitrogens with zero attached hydrogens (tertiary/aromatic N) is 1. The minimum Gasteiger partial charge on any atom is -0.279 e. The zero-order valence-corrected chi connectivity index (χ0v) is 16.5. The van der Waals surface area contributed by atoms with E-state index in [0.29, 0.717) is 6.54 Å². The first kappa shape index (κ1) is 19.3. The van der Waals surface area contributed by atoms with E-state index in [0.717, 1.165) is 56.8 Å². The molecule has 1 aliphatic rings. The number of fused-ring (bicyclic) bond motifs is 3. The van der Waals surface area contributed by atoms with Crippen LogP contribution in [0.5, 0.6) is 0 Å². The van der Waals surface area contributed by atoms with Crippen molar-refractivity contribution in [3.63, 3.8) is 0 Å². The maximum atomic E-state index is 13.0. The first-order valence-corrected chi connectivity index (χ1v) is 10.0. The third kappa shape index (κ3) is 3.55. The maximum Gasteiger partial charge on any atom is 0.416 e. The van der Waals surface area contributed by atoms with E-state index in [-0.39, 0.29) is 0 Å². The predicted molar refractivity (Wildman–Crippen MR) is 118 cm³/mol. The van der Waals surface area contributed by atoms with Gasteiger partial charge in [0.05, 0.1) is 17.8 Å². The molecule has 4 aromatic rings. The smallest absolute Gasteiger partial charge is 0.279 e. The Morgan fingerprint density at radius 2 is 1.16 bits per heavy atom. The van der Waals surface area contributed by atoms with E-state index < -0.39 is 11.7 Å². The van der Waals surface area contributed by atoms with Crippen LogP contribution in [0.2, 0.25) is 0 Å². The first-order valence-electron chi connectivity index (χ1n) is 10.0. The van der Waals surface area contributed by atoms with Gasteiger partial charge in [-0.3, -0.25) is 4.99 Å². The molecule has 0 N–H and O–H groups in total. The van der Waals surface area contributed by atoms with Gasteiger partial charge >= 0.3 is 6.18 Å². The van der Waals surface area contributed by atoms with Crippen LogP contribution in [0, 0.1) is 0 Å². The fraction of sp³-hybridized carbons (Fsp3) is 0.0741. The van der Waals surface area contributed by atoms with E-state index in [9.17, 15) is 13.2 Å². The molecule has 0 aliphatic carbocycles. The molecule has 4 heteroatoms. The number of aliphatic imine (C=N–C) groups is 1. The molecule has 0 aromatic heterocycles.